The third kappa shape index (κ3) is 4.14. The number of guanidine groups is 1. The molecular weight excluding hydrogens is 370 g/mol. The lowest BCUT2D eigenvalue weighted by atomic mass is 9.98. The molecule has 1 aromatic carbocycles. The Morgan fingerprint density at radius 2 is 2.10 bits per heavy atom. The molecule has 1 unspecified atom stereocenters. The number of hydrogen-bond donors (Lipinski definition) is 4. The number of aliphatic hydroxyl groups is 1. The van der Waals surface area contributed by atoms with Gasteiger partial charge in [-0.05, 0) is 49.3 Å². The second-order valence-electron chi connectivity index (χ2n) is 7.50. The fourth-order valence-corrected chi connectivity index (χ4v) is 3.15. The minimum Gasteiger partial charge on any atom is -0.386 e. The lowest BCUT2D eigenvalue weighted by Gasteiger charge is -2.22. The third-order valence-electron chi connectivity index (χ3n) is 4.69. The van der Waals surface area contributed by atoms with E-state index in [4.69, 9.17) is 5.73 Å². The second-order valence-corrected chi connectivity index (χ2v) is 7.50. The zero-order chi connectivity index (χ0) is 20.6. The molecule has 1 atom stereocenters. The fraction of sp³-hybridized carbons (Fsp3) is 0.250. The maximum absolute atomic E-state index is 12.3. The molecule has 9 nitrogen and oxygen atoms in total. The summed E-state index contributed by atoms with van der Waals surface area (Å²) in [5.41, 5.74) is 11.0. The molecule has 2 aliphatic heterocycles. The Hall–Kier alpha value is -3.59. The molecule has 1 amide bonds. The summed E-state index contributed by atoms with van der Waals surface area (Å²) in [6.07, 6.45) is 9.12. The van der Waals surface area contributed by atoms with Crippen molar-refractivity contribution in [3.8, 4) is 0 Å². The number of aliphatic imine (C=N–C) groups is 1. The molecule has 1 aromatic heterocycles. The van der Waals surface area contributed by atoms with Crippen LogP contribution in [0.1, 0.15) is 25.0 Å². The highest BCUT2D eigenvalue weighted by molar-refractivity contribution is 5.90. The number of hydrogen-bond acceptors (Lipinski definition) is 7. The Kier molecular flexibility index (Phi) is 4.59. The summed E-state index contributed by atoms with van der Waals surface area (Å²) in [5.74, 6) is 0.187. The Bertz CT molecular complexity index is 1010. The quantitative estimate of drug-likeness (QED) is 0.604. The van der Waals surface area contributed by atoms with Gasteiger partial charge in [0, 0.05) is 23.6 Å². The van der Waals surface area contributed by atoms with Gasteiger partial charge in [-0.25, -0.2) is 4.99 Å². The highest BCUT2D eigenvalue weighted by Gasteiger charge is 2.23. The van der Waals surface area contributed by atoms with Gasteiger partial charge in [0.25, 0.3) is 0 Å². The van der Waals surface area contributed by atoms with Crippen LogP contribution in [0, 0.1) is 0 Å². The van der Waals surface area contributed by atoms with Crippen LogP contribution in [0.3, 0.4) is 0 Å². The van der Waals surface area contributed by atoms with Crippen molar-refractivity contribution in [1.82, 2.24) is 20.2 Å². The first-order valence-electron chi connectivity index (χ1n) is 9.22. The van der Waals surface area contributed by atoms with E-state index in [9.17, 15) is 9.90 Å². The lowest BCUT2D eigenvalue weighted by Crippen LogP contribution is -2.39. The average molecular weight is 393 g/mol. The van der Waals surface area contributed by atoms with Crippen LogP contribution in [-0.4, -0.2) is 37.9 Å². The van der Waals surface area contributed by atoms with Crippen molar-refractivity contribution in [1.29, 1.82) is 0 Å². The number of anilines is 1. The van der Waals surface area contributed by atoms with Crippen molar-refractivity contribution >= 4 is 23.1 Å². The van der Waals surface area contributed by atoms with Crippen molar-refractivity contribution in [3.63, 3.8) is 0 Å². The maximum atomic E-state index is 12.3. The molecule has 0 saturated heterocycles. The van der Waals surface area contributed by atoms with Gasteiger partial charge in [0.1, 0.15) is 6.54 Å². The number of allylic oxidation sites excluding steroid dienone is 2. The number of nitrogens with one attached hydrogen (secondary N) is 2. The molecule has 2 aliphatic rings. The van der Waals surface area contributed by atoms with Crippen LogP contribution >= 0.6 is 0 Å². The van der Waals surface area contributed by atoms with E-state index in [1.807, 2.05) is 24.5 Å². The smallest absolute Gasteiger partial charge is 0.246 e. The van der Waals surface area contributed by atoms with Crippen molar-refractivity contribution in [2.45, 2.75) is 32.2 Å². The summed E-state index contributed by atoms with van der Waals surface area (Å²) in [4.78, 5) is 16.6. The number of hydrazine groups is 1. The first-order valence-corrected chi connectivity index (χ1v) is 9.22. The van der Waals surface area contributed by atoms with Crippen LogP contribution in [0.4, 0.5) is 5.69 Å². The first kappa shape index (κ1) is 18.8. The Labute approximate surface area is 168 Å². The third-order valence-corrected chi connectivity index (χ3v) is 4.69. The van der Waals surface area contributed by atoms with Gasteiger partial charge in [0.05, 0.1) is 11.8 Å². The van der Waals surface area contributed by atoms with E-state index in [1.54, 1.807) is 54.0 Å². The second kappa shape index (κ2) is 7.10. The van der Waals surface area contributed by atoms with E-state index in [0.717, 1.165) is 16.7 Å². The first-order chi connectivity index (χ1) is 13.8. The number of carbonyl (C=O) groups excluding carboxylic acids is 1. The number of fused-ring (bicyclic) bond motifs is 1. The predicted octanol–water partition coefficient (Wildman–Crippen LogP) is 1.12. The summed E-state index contributed by atoms with van der Waals surface area (Å²) in [6, 6.07) is 7.12. The molecule has 2 aromatic rings. The number of amides is 1. The number of benzene rings is 1. The topological polar surface area (TPSA) is 121 Å². The van der Waals surface area contributed by atoms with Gasteiger partial charge >= 0.3 is 0 Å². The van der Waals surface area contributed by atoms with Gasteiger partial charge < -0.3 is 16.2 Å². The molecule has 9 heteroatoms. The van der Waals surface area contributed by atoms with E-state index in [0.29, 0.717) is 11.6 Å². The molecule has 3 heterocycles. The Balaban J connectivity index is 1.39. The fourth-order valence-electron chi connectivity index (χ4n) is 3.15. The van der Waals surface area contributed by atoms with Gasteiger partial charge in [-0.3, -0.25) is 19.9 Å². The summed E-state index contributed by atoms with van der Waals surface area (Å²) >= 11 is 0. The minimum atomic E-state index is -0.918. The van der Waals surface area contributed by atoms with Crippen LogP contribution < -0.4 is 16.5 Å². The molecule has 29 heavy (non-hydrogen) atoms. The van der Waals surface area contributed by atoms with Crippen LogP contribution in [0.25, 0.3) is 5.57 Å². The average Bonchev–Trinajstić information content (AvgIpc) is 3.26. The van der Waals surface area contributed by atoms with Gasteiger partial charge in [-0.1, -0.05) is 12.1 Å². The van der Waals surface area contributed by atoms with Gasteiger partial charge in [0.15, 0.2) is 6.17 Å². The predicted molar refractivity (Wildman–Crippen MR) is 110 cm³/mol. The molecular formula is C20H23N7O2. The Morgan fingerprint density at radius 1 is 1.34 bits per heavy atom. The van der Waals surface area contributed by atoms with Gasteiger partial charge in [-0.2, -0.15) is 5.10 Å². The van der Waals surface area contributed by atoms with Crippen molar-refractivity contribution < 1.29 is 9.90 Å². The summed E-state index contributed by atoms with van der Waals surface area (Å²) in [5, 5.41) is 18.9. The van der Waals surface area contributed by atoms with Crippen molar-refractivity contribution in [2.75, 3.05) is 5.32 Å². The molecule has 4 rings (SSSR count). The largest absolute Gasteiger partial charge is 0.386 e. The normalized spacial score (nSPS) is 18.0. The van der Waals surface area contributed by atoms with Gasteiger partial charge in [0.2, 0.25) is 11.9 Å². The number of carbonyl (C=O) groups is 1. The molecule has 0 fully saturated rings. The SMILES string of the molecule is CC(C)(O)c1ccc(NC(=O)Cn2cc(C3=CC4N=C(N)NN4C=C3)cn2)cc1. The molecule has 150 valence electrons. The minimum absolute atomic E-state index is 0.0897. The molecule has 0 radical (unpaired) electrons. The van der Waals surface area contributed by atoms with Gasteiger partial charge in [-0.15, -0.1) is 0 Å². The van der Waals surface area contributed by atoms with Crippen LogP contribution in [0.2, 0.25) is 0 Å². The zero-order valence-electron chi connectivity index (χ0n) is 16.2. The summed E-state index contributed by atoms with van der Waals surface area (Å²) in [7, 11) is 0. The molecule has 0 bridgehead atoms. The molecule has 0 aliphatic carbocycles. The van der Waals surface area contributed by atoms with E-state index in [-0.39, 0.29) is 18.6 Å². The van der Waals surface area contributed by atoms with Crippen LogP contribution in [-0.2, 0) is 16.9 Å². The number of nitrogens with two attached hydrogens (primary N) is 1. The molecule has 0 spiro atoms. The van der Waals surface area contributed by atoms with E-state index < -0.39 is 5.60 Å². The maximum Gasteiger partial charge on any atom is 0.246 e. The Morgan fingerprint density at radius 3 is 2.83 bits per heavy atom. The monoisotopic (exact) mass is 393 g/mol. The number of aromatic nitrogens is 2. The highest BCUT2D eigenvalue weighted by Crippen LogP contribution is 2.24. The lowest BCUT2D eigenvalue weighted by molar-refractivity contribution is -0.116. The van der Waals surface area contributed by atoms with Crippen LogP contribution in [0.5, 0.6) is 0 Å². The molecule has 0 saturated carbocycles. The van der Waals surface area contributed by atoms with E-state index in [2.05, 4.69) is 20.8 Å². The van der Waals surface area contributed by atoms with Crippen molar-refractivity contribution in [3.05, 3.63) is 66.1 Å². The molecule has 5 N–H and O–H groups in total. The van der Waals surface area contributed by atoms with Crippen molar-refractivity contribution in [2.24, 2.45) is 10.7 Å². The summed E-state index contributed by atoms with van der Waals surface area (Å²) in [6.45, 7) is 3.52. The summed E-state index contributed by atoms with van der Waals surface area (Å²) < 4.78 is 1.58. The number of nitrogens with zero attached hydrogens (tertiary/aromatic N) is 4. The zero-order valence-corrected chi connectivity index (χ0v) is 16.2. The van der Waals surface area contributed by atoms with Crippen LogP contribution in [0.15, 0.2) is 60.0 Å². The van der Waals surface area contributed by atoms with E-state index in [1.165, 1.54) is 0 Å². The number of rotatable bonds is 5. The highest BCUT2D eigenvalue weighted by atomic mass is 16.3. The standard InChI is InChI=1S/C20H23N7O2/c1-20(2,29)15-3-5-16(6-4-15)23-18(28)12-26-11-14(10-22-26)13-7-8-27-17(9-13)24-19(21)25-27/h3-11,17,29H,12H2,1-2H3,(H,23,28)(H3,21,24,25). The van der Waals surface area contributed by atoms with E-state index >= 15 is 0 Å².